The van der Waals surface area contributed by atoms with Gasteiger partial charge in [-0.3, -0.25) is 0 Å². The number of aromatic nitrogens is 1. The fourth-order valence-corrected chi connectivity index (χ4v) is 3.00. The zero-order valence-electron chi connectivity index (χ0n) is 13.8. The molecule has 2 N–H and O–H groups in total. The lowest BCUT2D eigenvalue weighted by Crippen LogP contribution is -2.28. The Morgan fingerprint density at radius 1 is 1.36 bits per heavy atom. The van der Waals surface area contributed by atoms with E-state index in [9.17, 15) is 0 Å². The number of nitrogens with zero attached hydrogens (tertiary/aromatic N) is 1. The first-order valence-corrected chi connectivity index (χ1v) is 8.59. The van der Waals surface area contributed by atoms with Crippen LogP contribution in [0, 0.1) is 6.92 Å². The van der Waals surface area contributed by atoms with Crippen LogP contribution in [0.3, 0.4) is 0 Å². The zero-order chi connectivity index (χ0) is 15.9. The third-order valence-corrected chi connectivity index (χ3v) is 4.21. The maximum Gasteiger partial charge on any atom is 0.187 e. The van der Waals surface area contributed by atoms with Gasteiger partial charge in [-0.25, -0.2) is 4.98 Å². The van der Waals surface area contributed by atoms with Gasteiger partial charge in [-0.15, -0.1) is 11.3 Å². The van der Waals surface area contributed by atoms with Crippen LogP contribution < -0.4 is 15.4 Å². The van der Waals surface area contributed by atoms with Crippen molar-refractivity contribution in [1.82, 2.24) is 10.3 Å². The quantitative estimate of drug-likeness (QED) is 0.768. The highest BCUT2D eigenvalue weighted by molar-refractivity contribution is 7.13. The molecule has 0 aliphatic carbocycles. The van der Waals surface area contributed by atoms with Crippen molar-refractivity contribution in [3.05, 3.63) is 34.8 Å². The Labute approximate surface area is 136 Å². The summed E-state index contributed by atoms with van der Waals surface area (Å²) in [4.78, 5) is 4.67. The van der Waals surface area contributed by atoms with Crippen LogP contribution in [-0.2, 0) is 6.42 Å². The molecule has 0 aliphatic rings. The SMILES string of the molecule is CCCNC(C)Cc1csc(Nc2cc(C)ccc2OC)n1. The first-order chi connectivity index (χ1) is 10.6. The van der Waals surface area contributed by atoms with E-state index >= 15 is 0 Å². The van der Waals surface area contributed by atoms with Crippen LogP contribution in [0.5, 0.6) is 5.75 Å². The van der Waals surface area contributed by atoms with Crippen molar-refractivity contribution < 1.29 is 4.74 Å². The molecule has 0 saturated carbocycles. The minimum Gasteiger partial charge on any atom is -0.495 e. The van der Waals surface area contributed by atoms with Crippen LogP contribution in [0.2, 0.25) is 0 Å². The molecule has 0 saturated heterocycles. The summed E-state index contributed by atoms with van der Waals surface area (Å²) in [5, 5.41) is 9.88. The van der Waals surface area contributed by atoms with Crippen molar-refractivity contribution in [2.24, 2.45) is 0 Å². The van der Waals surface area contributed by atoms with E-state index in [-0.39, 0.29) is 0 Å². The molecule has 1 aromatic carbocycles. The molecule has 1 heterocycles. The van der Waals surface area contributed by atoms with E-state index < -0.39 is 0 Å². The third kappa shape index (κ3) is 4.71. The zero-order valence-corrected chi connectivity index (χ0v) is 14.6. The molecule has 0 spiro atoms. The Balaban J connectivity index is 2.01. The molecule has 5 heteroatoms. The molecule has 1 unspecified atom stereocenters. The summed E-state index contributed by atoms with van der Waals surface area (Å²) < 4.78 is 5.39. The number of methoxy groups -OCH3 is 1. The summed E-state index contributed by atoms with van der Waals surface area (Å²) in [6.45, 7) is 7.50. The predicted molar refractivity (Wildman–Crippen MR) is 94.6 cm³/mol. The average Bonchev–Trinajstić information content (AvgIpc) is 2.92. The van der Waals surface area contributed by atoms with Gasteiger partial charge in [-0.05, 0) is 44.5 Å². The van der Waals surface area contributed by atoms with Crippen LogP contribution in [0.4, 0.5) is 10.8 Å². The van der Waals surface area contributed by atoms with Gasteiger partial charge >= 0.3 is 0 Å². The first kappa shape index (κ1) is 16.8. The van der Waals surface area contributed by atoms with Gasteiger partial charge in [0.1, 0.15) is 5.75 Å². The second kappa shape index (κ2) is 8.15. The Morgan fingerprint density at radius 2 is 2.18 bits per heavy atom. The van der Waals surface area contributed by atoms with Crippen molar-refractivity contribution >= 4 is 22.2 Å². The molecule has 22 heavy (non-hydrogen) atoms. The number of rotatable bonds is 8. The van der Waals surface area contributed by atoms with E-state index in [0.29, 0.717) is 6.04 Å². The number of nitrogens with one attached hydrogen (secondary N) is 2. The monoisotopic (exact) mass is 319 g/mol. The fraction of sp³-hybridized carbons (Fsp3) is 0.471. The third-order valence-electron chi connectivity index (χ3n) is 3.41. The van der Waals surface area contributed by atoms with Crippen LogP contribution >= 0.6 is 11.3 Å². The van der Waals surface area contributed by atoms with Gasteiger partial charge in [0.15, 0.2) is 5.13 Å². The molecule has 2 aromatic rings. The molecular weight excluding hydrogens is 294 g/mol. The lowest BCUT2D eigenvalue weighted by molar-refractivity contribution is 0.416. The molecule has 0 amide bonds. The fourth-order valence-electron chi connectivity index (χ4n) is 2.27. The second-order valence-corrected chi connectivity index (χ2v) is 6.39. The second-order valence-electron chi connectivity index (χ2n) is 5.53. The Hall–Kier alpha value is -1.59. The van der Waals surface area contributed by atoms with Crippen molar-refractivity contribution in [2.45, 2.75) is 39.7 Å². The smallest absolute Gasteiger partial charge is 0.187 e. The Morgan fingerprint density at radius 3 is 2.91 bits per heavy atom. The maximum absolute atomic E-state index is 5.39. The lowest BCUT2D eigenvalue weighted by atomic mass is 10.2. The van der Waals surface area contributed by atoms with Gasteiger partial charge < -0.3 is 15.4 Å². The van der Waals surface area contributed by atoms with Gasteiger partial charge in [0, 0.05) is 17.8 Å². The van der Waals surface area contributed by atoms with Gasteiger partial charge in [-0.2, -0.15) is 0 Å². The standard InChI is InChI=1S/C17H25N3OS/c1-5-8-18-13(3)10-14-11-22-17(19-14)20-15-9-12(2)6-7-16(15)21-4/h6-7,9,11,13,18H,5,8,10H2,1-4H3,(H,19,20). The number of benzene rings is 1. The molecule has 0 radical (unpaired) electrons. The molecule has 1 atom stereocenters. The molecule has 4 nitrogen and oxygen atoms in total. The average molecular weight is 319 g/mol. The van der Waals surface area contributed by atoms with Crippen LogP contribution in [0.1, 0.15) is 31.5 Å². The highest BCUT2D eigenvalue weighted by atomic mass is 32.1. The number of ether oxygens (including phenoxy) is 1. The van der Waals surface area contributed by atoms with Crippen molar-refractivity contribution in [3.63, 3.8) is 0 Å². The Bertz CT molecular complexity index is 597. The van der Waals surface area contributed by atoms with Gasteiger partial charge in [-0.1, -0.05) is 13.0 Å². The van der Waals surface area contributed by atoms with Crippen molar-refractivity contribution in [3.8, 4) is 5.75 Å². The molecule has 0 fully saturated rings. The van der Waals surface area contributed by atoms with Crippen LogP contribution in [-0.4, -0.2) is 24.7 Å². The van der Waals surface area contributed by atoms with E-state index in [1.54, 1.807) is 18.4 Å². The number of thiazole rings is 1. The molecule has 1 aromatic heterocycles. The van der Waals surface area contributed by atoms with E-state index in [4.69, 9.17) is 4.74 Å². The largest absolute Gasteiger partial charge is 0.495 e. The van der Waals surface area contributed by atoms with E-state index in [1.807, 2.05) is 12.1 Å². The molecule has 0 aliphatic heterocycles. The topological polar surface area (TPSA) is 46.2 Å². The molecule has 120 valence electrons. The first-order valence-electron chi connectivity index (χ1n) is 7.71. The number of hydrogen-bond donors (Lipinski definition) is 2. The highest BCUT2D eigenvalue weighted by Crippen LogP contribution is 2.30. The van der Waals surface area contributed by atoms with E-state index in [0.717, 1.165) is 41.6 Å². The number of aryl methyl sites for hydroxylation is 1. The van der Waals surface area contributed by atoms with Gasteiger partial charge in [0.2, 0.25) is 0 Å². The van der Waals surface area contributed by atoms with Gasteiger partial charge in [0.25, 0.3) is 0 Å². The summed E-state index contributed by atoms with van der Waals surface area (Å²) in [6.07, 6.45) is 2.10. The maximum atomic E-state index is 5.39. The van der Waals surface area contributed by atoms with E-state index in [1.165, 1.54) is 5.56 Å². The van der Waals surface area contributed by atoms with E-state index in [2.05, 4.69) is 47.8 Å². The van der Waals surface area contributed by atoms with Crippen LogP contribution in [0.15, 0.2) is 23.6 Å². The summed E-state index contributed by atoms with van der Waals surface area (Å²) in [7, 11) is 1.68. The summed E-state index contributed by atoms with van der Waals surface area (Å²) in [5.74, 6) is 0.834. The number of hydrogen-bond acceptors (Lipinski definition) is 5. The molecule has 0 bridgehead atoms. The molecular formula is C17H25N3OS. The predicted octanol–water partition coefficient (Wildman–Crippen LogP) is 4.13. The minimum atomic E-state index is 0.448. The van der Waals surface area contributed by atoms with Crippen molar-refractivity contribution in [1.29, 1.82) is 0 Å². The van der Waals surface area contributed by atoms with Crippen molar-refractivity contribution in [2.75, 3.05) is 19.0 Å². The summed E-state index contributed by atoms with van der Waals surface area (Å²) in [6, 6.07) is 6.54. The normalized spacial score (nSPS) is 12.2. The highest BCUT2D eigenvalue weighted by Gasteiger charge is 2.09. The Kier molecular flexibility index (Phi) is 6.21. The lowest BCUT2D eigenvalue weighted by Gasteiger charge is -2.11. The minimum absolute atomic E-state index is 0.448. The summed E-state index contributed by atoms with van der Waals surface area (Å²) in [5.41, 5.74) is 3.27. The van der Waals surface area contributed by atoms with Gasteiger partial charge in [0.05, 0.1) is 18.5 Å². The molecule has 2 rings (SSSR count). The number of anilines is 2. The van der Waals surface area contributed by atoms with Crippen LogP contribution in [0.25, 0.3) is 0 Å². The summed E-state index contributed by atoms with van der Waals surface area (Å²) >= 11 is 1.63.